The van der Waals surface area contributed by atoms with Gasteiger partial charge in [0.2, 0.25) is 0 Å². The molecule has 0 unspecified atom stereocenters. The van der Waals surface area contributed by atoms with E-state index in [9.17, 15) is 14.7 Å². The summed E-state index contributed by atoms with van der Waals surface area (Å²) in [5.41, 5.74) is 2.31. The number of rotatable bonds is 5. The van der Waals surface area contributed by atoms with Gasteiger partial charge in [-0.05, 0) is 17.7 Å². The molecule has 0 aliphatic carbocycles. The first-order valence-electron chi connectivity index (χ1n) is 7.37. The summed E-state index contributed by atoms with van der Waals surface area (Å²) < 4.78 is 1.85. The number of carboxylic acids is 1. The van der Waals surface area contributed by atoms with Crippen molar-refractivity contribution < 1.29 is 19.8 Å². The molecule has 0 radical (unpaired) electrons. The van der Waals surface area contributed by atoms with E-state index in [0.29, 0.717) is 12.2 Å². The van der Waals surface area contributed by atoms with E-state index in [4.69, 9.17) is 5.11 Å². The smallest absolute Gasteiger partial charge is 0.376 e. The Morgan fingerprint density at radius 2 is 1.62 bits per heavy atom. The van der Waals surface area contributed by atoms with Crippen LogP contribution in [-0.2, 0) is 16.1 Å². The monoisotopic (exact) mass is 321 g/mol. The zero-order valence-electron chi connectivity index (χ0n) is 12.7. The number of aromatic nitrogens is 1. The summed E-state index contributed by atoms with van der Waals surface area (Å²) in [6.45, 7) is 0.489. The van der Waals surface area contributed by atoms with Gasteiger partial charge in [-0.3, -0.25) is 4.79 Å². The summed E-state index contributed by atoms with van der Waals surface area (Å²) in [6, 6.07) is 19.0. The van der Waals surface area contributed by atoms with E-state index in [-0.39, 0.29) is 5.76 Å². The van der Waals surface area contributed by atoms with Gasteiger partial charge >= 0.3 is 5.97 Å². The number of benzene rings is 2. The van der Waals surface area contributed by atoms with Gasteiger partial charge in [-0.2, -0.15) is 0 Å². The molecule has 1 heterocycles. The number of carboxylic acid groups (broad SMARTS) is 1. The van der Waals surface area contributed by atoms with Gasteiger partial charge in [0, 0.05) is 23.5 Å². The fourth-order valence-corrected chi connectivity index (χ4v) is 2.62. The van der Waals surface area contributed by atoms with Crippen molar-refractivity contribution in [2.45, 2.75) is 6.54 Å². The highest BCUT2D eigenvalue weighted by atomic mass is 16.4. The lowest BCUT2D eigenvalue weighted by Gasteiger charge is -2.10. The van der Waals surface area contributed by atoms with E-state index in [1.165, 1.54) is 0 Å². The van der Waals surface area contributed by atoms with Gasteiger partial charge in [-0.1, -0.05) is 48.5 Å². The number of para-hydroxylation sites is 1. The molecular weight excluding hydrogens is 306 g/mol. The highest BCUT2D eigenvalue weighted by molar-refractivity contribution is 6.38. The highest BCUT2D eigenvalue weighted by Gasteiger charge is 2.16. The molecule has 3 aromatic rings. The van der Waals surface area contributed by atoms with Crippen LogP contribution >= 0.6 is 0 Å². The largest absolute Gasteiger partial charge is 0.506 e. The first-order chi connectivity index (χ1) is 11.6. The van der Waals surface area contributed by atoms with Crippen LogP contribution in [0.25, 0.3) is 16.7 Å². The molecule has 2 aromatic carbocycles. The number of aliphatic hydroxyl groups is 1. The van der Waals surface area contributed by atoms with Crippen LogP contribution in [0.15, 0.2) is 66.7 Å². The van der Waals surface area contributed by atoms with E-state index in [2.05, 4.69) is 0 Å². The molecule has 0 aliphatic rings. The fraction of sp³-hybridized carbons (Fsp3) is 0.0526. The van der Waals surface area contributed by atoms with Crippen molar-refractivity contribution in [3.8, 4) is 0 Å². The average molecular weight is 321 g/mol. The molecule has 3 rings (SSSR count). The predicted molar refractivity (Wildman–Crippen MR) is 90.7 cm³/mol. The molecule has 5 heteroatoms. The van der Waals surface area contributed by atoms with Crippen LogP contribution < -0.4 is 0 Å². The maximum Gasteiger partial charge on any atom is 0.376 e. The van der Waals surface area contributed by atoms with Crippen LogP contribution in [0.1, 0.15) is 11.3 Å². The number of carbonyl (C=O) groups excluding carboxylic acids is 1. The second kappa shape index (κ2) is 6.42. The van der Waals surface area contributed by atoms with Gasteiger partial charge in [-0.15, -0.1) is 0 Å². The number of fused-ring (bicyclic) bond motifs is 1. The standard InChI is InChI=1S/C19H15NO4/c21-17(11-18(22)19(23)24)16-10-14-8-4-5-9-15(14)20(16)12-13-6-2-1-3-7-13/h1-11,21H,12H2,(H,23,24). The van der Waals surface area contributed by atoms with Crippen LogP contribution in [0.3, 0.4) is 0 Å². The van der Waals surface area contributed by atoms with E-state index >= 15 is 0 Å². The van der Waals surface area contributed by atoms with Crippen molar-refractivity contribution in [3.05, 3.63) is 78.0 Å². The van der Waals surface area contributed by atoms with Crippen molar-refractivity contribution in [2.75, 3.05) is 0 Å². The van der Waals surface area contributed by atoms with E-state index in [1.54, 1.807) is 6.07 Å². The van der Waals surface area contributed by atoms with Gasteiger partial charge in [-0.25, -0.2) is 4.79 Å². The second-order valence-corrected chi connectivity index (χ2v) is 5.36. The van der Waals surface area contributed by atoms with Gasteiger partial charge in [0.1, 0.15) is 5.76 Å². The summed E-state index contributed by atoms with van der Waals surface area (Å²) in [4.78, 5) is 22.1. The summed E-state index contributed by atoms with van der Waals surface area (Å²) >= 11 is 0. The van der Waals surface area contributed by atoms with Gasteiger partial charge in [0.25, 0.3) is 5.78 Å². The summed E-state index contributed by atoms with van der Waals surface area (Å²) in [6.07, 6.45) is 0.734. The molecule has 24 heavy (non-hydrogen) atoms. The second-order valence-electron chi connectivity index (χ2n) is 5.36. The summed E-state index contributed by atoms with van der Waals surface area (Å²) in [7, 11) is 0. The molecule has 0 fully saturated rings. The van der Waals surface area contributed by atoms with Gasteiger partial charge in [0.15, 0.2) is 0 Å². The Bertz CT molecular complexity index is 938. The number of aliphatic hydroxyl groups excluding tert-OH is 1. The summed E-state index contributed by atoms with van der Waals surface area (Å²) in [5.74, 6) is -3.13. The van der Waals surface area contributed by atoms with Gasteiger partial charge in [0.05, 0.1) is 5.69 Å². The Kier molecular flexibility index (Phi) is 4.16. The zero-order valence-corrected chi connectivity index (χ0v) is 12.7. The maximum absolute atomic E-state index is 11.4. The van der Waals surface area contributed by atoms with Crippen LogP contribution in [0.4, 0.5) is 0 Å². The van der Waals surface area contributed by atoms with Crippen molar-refractivity contribution >= 4 is 28.4 Å². The third-order valence-corrected chi connectivity index (χ3v) is 3.74. The van der Waals surface area contributed by atoms with E-state index in [0.717, 1.165) is 22.5 Å². The van der Waals surface area contributed by atoms with Crippen LogP contribution in [0.5, 0.6) is 0 Å². The lowest BCUT2D eigenvalue weighted by molar-refractivity contribution is -0.146. The minimum atomic E-state index is -1.60. The Morgan fingerprint density at radius 1 is 0.958 bits per heavy atom. The molecule has 120 valence electrons. The number of nitrogens with zero attached hydrogens (tertiary/aromatic N) is 1. The normalized spacial score (nSPS) is 11.6. The fourth-order valence-electron chi connectivity index (χ4n) is 2.62. The molecule has 0 saturated carbocycles. The lowest BCUT2D eigenvalue weighted by Crippen LogP contribution is -2.11. The number of hydrogen-bond donors (Lipinski definition) is 2. The van der Waals surface area contributed by atoms with Gasteiger partial charge < -0.3 is 14.8 Å². The molecule has 0 atom stereocenters. The van der Waals surface area contributed by atoms with Crippen molar-refractivity contribution in [3.63, 3.8) is 0 Å². The Balaban J connectivity index is 2.12. The van der Waals surface area contributed by atoms with Crippen LogP contribution in [0.2, 0.25) is 0 Å². The third kappa shape index (κ3) is 3.05. The van der Waals surface area contributed by atoms with E-state index in [1.807, 2.05) is 59.2 Å². The molecule has 2 N–H and O–H groups in total. The molecule has 0 aliphatic heterocycles. The lowest BCUT2D eigenvalue weighted by atomic mass is 10.2. The Labute approximate surface area is 138 Å². The number of carbonyl (C=O) groups is 2. The molecule has 0 saturated heterocycles. The molecular formula is C19H15NO4. The quantitative estimate of drug-likeness (QED) is 0.429. The Hall–Kier alpha value is -3.34. The SMILES string of the molecule is O=C(O)C(=O)C=C(O)c1cc2ccccc2n1Cc1ccccc1. The van der Waals surface area contributed by atoms with Crippen molar-refractivity contribution in [1.29, 1.82) is 0 Å². The third-order valence-electron chi connectivity index (χ3n) is 3.74. The van der Waals surface area contributed by atoms with Crippen molar-refractivity contribution in [1.82, 2.24) is 4.57 Å². The predicted octanol–water partition coefficient (Wildman–Crippen LogP) is 3.24. The first kappa shape index (κ1) is 15.6. The zero-order chi connectivity index (χ0) is 17.1. The van der Waals surface area contributed by atoms with Crippen LogP contribution in [-0.4, -0.2) is 26.5 Å². The number of aliphatic carboxylic acids is 1. The molecule has 0 bridgehead atoms. The highest BCUT2D eigenvalue weighted by Crippen LogP contribution is 2.25. The molecule has 5 nitrogen and oxygen atoms in total. The van der Waals surface area contributed by atoms with Crippen molar-refractivity contribution in [2.24, 2.45) is 0 Å². The van der Waals surface area contributed by atoms with Crippen LogP contribution in [0, 0.1) is 0 Å². The number of ketones is 1. The Morgan fingerprint density at radius 3 is 2.33 bits per heavy atom. The summed E-state index contributed by atoms with van der Waals surface area (Å²) in [5, 5.41) is 19.9. The average Bonchev–Trinajstić information content (AvgIpc) is 2.94. The topological polar surface area (TPSA) is 79.5 Å². The first-order valence-corrected chi connectivity index (χ1v) is 7.37. The minimum absolute atomic E-state index is 0.366. The molecule has 0 amide bonds. The van der Waals surface area contributed by atoms with E-state index < -0.39 is 11.8 Å². The molecule has 0 spiro atoms. The minimum Gasteiger partial charge on any atom is -0.506 e. The maximum atomic E-state index is 11.4. The number of hydrogen-bond acceptors (Lipinski definition) is 3. The molecule has 1 aromatic heterocycles.